The number of aliphatic hydroxyl groups is 1. The number of esters is 4. The van der Waals surface area contributed by atoms with Gasteiger partial charge in [0.25, 0.3) is 0 Å². The van der Waals surface area contributed by atoms with E-state index in [1.54, 1.807) is 0 Å². The van der Waals surface area contributed by atoms with Crippen molar-refractivity contribution >= 4 is 39.5 Å². The molecule has 0 radical (unpaired) electrons. The standard InChI is InChI=1S/C73H142O17P2/c1-7-10-12-14-16-18-20-22-23-24-26-28-30-39-45-51-57-72(77)89-68(61-83-70(75)55-49-43-37-29-27-25-21-19-17-15-13-11-8-2)63-87-91(79,80)85-59-67(74)60-86-92(81,82)88-64-69(62-84-71(76)56-50-44-38-33-31-35-41-47-53-65(4)5)90-73(78)58-52-46-40-34-32-36-42-48-54-66(6)9-3/h65-69,74H,7-64H2,1-6H3,(H,79,80)(H,81,82)/t66?,67-,68-,69-/m1/s1. The number of hydrogen-bond acceptors (Lipinski definition) is 15. The minimum atomic E-state index is -4.95. The van der Waals surface area contributed by atoms with Crippen LogP contribution in [0.5, 0.6) is 0 Å². The van der Waals surface area contributed by atoms with E-state index in [4.69, 9.17) is 37.0 Å². The fraction of sp³-hybridized carbons (Fsp3) is 0.945. The third-order valence-electron chi connectivity index (χ3n) is 17.3. The van der Waals surface area contributed by atoms with Gasteiger partial charge in [0.1, 0.15) is 19.3 Å². The molecule has 0 aromatic rings. The van der Waals surface area contributed by atoms with Gasteiger partial charge in [-0.1, -0.05) is 324 Å². The fourth-order valence-corrected chi connectivity index (χ4v) is 12.7. The van der Waals surface area contributed by atoms with Crippen LogP contribution in [-0.4, -0.2) is 96.7 Å². The molecule has 0 rings (SSSR count). The Balaban J connectivity index is 5.26. The highest BCUT2D eigenvalue weighted by Gasteiger charge is 2.30. The Kier molecular flexibility index (Phi) is 63.7. The molecule has 3 N–H and O–H groups in total. The zero-order valence-corrected chi connectivity index (χ0v) is 61.6. The molecule has 0 spiro atoms. The molecule has 546 valence electrons. The zero-order valence-electron chi connectivity index (χ0n) is 59.9. The van der Waals surface area contributed by atoms with Crippen molar-refractivity contribution in [2.45, 2.75) is 394 Å². The van der Waals surface area contributed by atoms with Crippen molar-refractivity contribution in [2.75, 3.05) is 39.6 Å². The fourth-order valence-electron chi connectivity index (χ4n) is 11.1. The molecule has 0 saturated heterocycles. The molecule has 3 unspecified atom stereocenters. The first-order chi connectivity index (χ1) is 44.4. The maximum absolute atomic E-state index is 13.1. The van der Waals surface area contributed by atoms with Gasteiger partial charge in [-0.25, -0.2) is 9.13 Å². The summed E-state index contributed by atoms with van der Waals surface area (Å²) in [5.41, 5.74) is 0. The molecule has 0 aliphatic carbocycles. The van der Waals surface area contributed by atoms with Crippen LogP contribution >= 0.6 is 15.6 Å². The van der Waals surface area contributed by atoms with Crippen LogP contribution in [0.1, 0.15) is 375 Å². The molecule has 92 heavy (non-hydrogen) atoms. The topological polar surface area (TPSA) is 237 Å². The lowest BCUT2D eigenvalue weighted by Gasteiger charge is -2.21. The van der Waals surface area contributed by atoms with Crippen molar-refractivity contribution in [3.05, 3.63) is 0 Å². The Hall–Kier alpha value is -1.94. The number of carbonyl (C=O) groups excluding carboxylic acids is 4. The Labute approximate surface area is 562 Å². The number of carbonyl (C=O) groups is 4. The normalized spacial score (nSPS) is 14.4. The van der Waals surface area contributed by atoms with E-state index >= 15 is 0 Å². The minimum Gasteiger partial charge on any atom is -0.462 e. The van der Waals surface area contributed by atoms with Gasteiger partial charge < -0.3 is 33.8 Å². The van der Waals surface area contributed by atoms with Crippen LogP contribution in [0, 0.1) is 11.8 Å². The van der Waals surface area contributed by atoms with E-state index in [0.29, 0.717) is 25.7 Å². The van der Waals surface area contributed by atoms with Crippen LogP contribution in [0.15, 0.2) is 0 Å². The molecule has 17 nitrogen and oxygen atoms in total. The highest BCUT2D eigenvalue weighted by molar-refractivity contribution is 7.47. The molecule has 0 aliphatic heterocycles. The zero-order chi connectivity index (χ0) is 67.9. The highest BCUT2D eigenvalue weighted by atomic mass is 31.2. The first-order valence-electron chi connectivity index (χ1n) is 38.0. The number of phosphoric ester groups is 2. The molecule has 0 bridgehead atoms. The second-order valence-electron chi connectivity index (χ2n) is 27.1. The second kappa shape index (κ2) is 65.0. The lowest BCUT2D eigenvalue weighted by Crippen LogP contribution is -2.30. The van der Waals surface area contributed by atoms with E-state index in [0.717, 1.165) is 102 Å². The predicted octanol–water partition coefficient (Wildman–Crippen LogP) is 21.2. The molecule has 0 aromatic heterocycles. The van der Waals surface area contributed by atoms with E-state index in [-0.39, 0.29) is 25.7 Å². The highest BCUT2D eigenvalue weighted by Crippen LogP contribution is 2.45. The number of ether oxygens (including phenoxy) is 4. The molecule has 0 aromatic carbocycles. The van der Waals surface area contributed by atoms with Gasteiger partial charge in [-0.15, -0.1) is 0 Å². The lowest BCUT2D eigenvalue weighted by molar-refractivity contribution is -0.161. The van der Waals surface area contributed by atoms with Crippen molar-refractivity contribution < 1.29 is 80.2 Å². The number of rotatable bonds is 72. The first kappa shape index (κ1) is 90.1. The van der Waals surface area contributed by atoms with Gasteiger partial charge in [0, 0.05) is 25.7 Å². The van der Waals surface area contributed by atoms with Gasteiger partial charge in [-0.2, -0.15) is 0 Å². The van der Waals surface area contributed by atoms with Crippen molar-refractivity contribution in [2.24, 2.45) is 11.8 Å². The summed E-state index contributed by atoms with van der Waals surface area (Å²) < 4.78 is 68.4. The Morgan fingerprint density at radius 2 is 0.554 bits per heavy atom. The molecule has 0 fully saturated rings. The Bertz CT molecular complexity index is 1790. The summed E-state index contributed by atoms with van der Waals surface area (Å²) in [6, 6.07) is 0. The van der Waals surface area contributed by atoms with Gasteiger partial charge in [-0.3, -0.25) is 37.3 Å². The lowest BCUT2D eigenvalue weighted by atomic mass is 9.99. The number of hydrogen-bond donors (Lipinski definition) is 3. The Morgan fingerprint density at radius 3 is 0.826 bits per heavy atom. The predicted molar refractivity (Wildman–Crippen MR) is 372 cm³/mol. The van der Waals surface area contributed by atoms with E-state index in [1.165, 1.54) is 193 Å². The molecule has 0 saturated carbocycles. The summed E-state index contributed by atoms with van der Waals surface area (Å²) in [5, 5.41) is 10.6. The largest absolute Gasteiger partial charge is 0.472 e. The van der Waals surface area contributed by atoms with Gasteiger partial charge in [0.05, 0.1) is 26.4 Å². The minimum absolute atomic E-state index is 0.105. The molecular formula is C73H142O17P2. The smallest absolute Gasteiger partial charge is 0.462 e. The molecule has 0 heterocycles. The van der Waals surface area contributed by atoms with Crippen LogP contribution in [0.3, 0.4) is 0 Å². The van der Waals surface area contributed by atoms with E-state index in [2.05, 4.69) is 41.5 Å². The van der Waals surface area contributed by atoms with Crippen LogP contribution in [-0.2, 0) is 65.4 Å². The maximum atomic E-state index is 13.1. The first-order valence-corrected chi connectivity index (χ1v) is 41.0. The van der Waals surface area contributed by atoms with Crippen LogP contribution in [0.2, 0.25) is 0 Å². The number of unbranched alkanes of at least 4 members (excludes halogenated alkanes) is 41. The molecule has 0 amide bonds. The summed E-state index contributed by atoms with van der Waals surface area (Å²) in [6.07, 6.45) is 51.2. The molecule has 6 atom stereocenters. The molecular weight excluding hydrogens is 1210 g/mol. The third-order valence-corrected chi connectivity index (χ3v) is 19.2. The summed E-state index contributed by atoms with van der Waals surface area (Å²) in [6.45, 7) is 9.54. The second-order valence-corrected chi connectivity index (χ2v) is 30.0. The van der Waals surface area contributed by atoms with E-state index in [1.807, 2.05) is 0 Å². The van der Waals surface area contributed by atoms with Crippen molar-refractivity contribution in [3.63, 3.8) is 0 Å². The summed E-state index contributed by atoms with van der Waals surface area (Å²) >= 11 is 0. The van der Waals surface area contributed by atoms with Gasteiger partial charge in [0.2, 0.25) is 0 Å². The molecule has 0 aliphatic rings. The van der Waals surface area contributed by atoms with E-state index < -0.39 is 97.5 Å². The quantitative estimate of drug-likeness (QED) is 0.0222. The van der Waals surface area contributed by atoms with Crippen LogP contribution in [0.4, 0.5) is 0 Å². The van der Waals surface area contributed by atoms with Gasteiger partial charge >= 0.3 is 39.5 Å². The maximum Gasteiger partial charge on any atom is 0.472 e. The van der Waals surface area contributed by atoms with Gasteiger partial charge in [-0.05, 0) is 37.5 Å². The number of aliphatic hydroxyl groups excluding tert-OH is 1. The number of phosphoric acid groups is 2. The average Bonchev–Trinajstić information content (AvgIpc) is 3.63. The summed E-state index contributed by atoms with van der Waals surface area (Å²) in [7, 11) is -9.91. The van der Waals surface area contributed by atoms with Crippen molar-refractivity contribution in [1.82, 2.24) is 0 Å². The Morgan fingerprint density at radius 1 is 0.315 bits per heavy atom. The average molecular weight is 1350 g/mol. The third kappa shape index (κ3) is 65.4. The summed E-state index contributed by atoms with van der Waals surface area (Å²) in [5.74, 6) is -0.624. The molecule has 19 heteroatoms. The monoisotopic (exact) mass is 1350 g/mol. The van der Waals surface area contributed by atoms with E-state index in [9.17, 15) is 43.2 Å². The van der Waals surface area contributed by atoms with Gasteiger partial charge in [0.15, 0.2) is 12.2 Å². The van der Waals surface area contributed by atoms with Crippen LogP contribution < -0.4 is 0 Å². The summed E-state index contributed by atoms with van der Waals surface area (Å²) in [4.78, 5) is 72.7. The van der Waals surface area contributed by atoms with Crippen molar-refractivity contribution in [3.8, 4) is 0 Å². The van der Waals surface area contributed by atoms with Crippen LogP contribution in [0.25, 0.3) is 0 Å². The SMILES string of the molecule is CCCCCCCCCCCCCCCCCCC(=O)O[C@H](COC(=O)CCCCCCCCCCCCCCC)COP(=O)(O)OC[C@@H](O)COP(=O)(O)OC[C@@H](COC(=O)CCCCCCCCCCC(C)C)OC(=O)CCCCCCCCCCC(C)CC. The van der Waals surface area contributed by atoms with Crippen molar-refractivity contribution in [1.29, 1.82) is 0 Å².